The van der Waals surface area contributed by atoms with Crippen LogP contribution in [0.4, 0.5) is 10.1 Å². The zero-order chi connectivity index (χ0) is 12.5. The lowest BCUT2D eigenvalue weighted by Gasteiger charge is -2.07. The molecule has 3 nitrogen and oxygen atoms in total. The van der Waals surface area contributed by atoms with E-state index < -0.39 is 15.8 Å². The maximum absolute atomic E-state index is 13.5. The number of hydrogen-bond acceptors (Lipinski definition) is 3. The van der Waals surface area contributed by atoms with Crippen molar-refractivity contribution in [3.8, 4) is 0 Å². The van der Waals surface area contributed by atoms with Crippen molar-refractivity contribution in [3.63, 3.8) is 0 Å². The third-order valence-electron chi connectivity index (χ3n) is 1.96. The summed E-state index contributed by atoms with van der Waals surface area (Å²) in [6, 6.07) is 5.42. The summed E-state index contributed by atoms with van der Waals surface area (Å²) in [5, 5.41) is 3.37. The van der Waals surface area contributed by atoms with Gasteiger partial charge in [-0.05, 0) is 29.6 Å². The Hall–Kier alpha value is -0.920. The first kappa shape index (κ1) is 12.5. The predicted octanol–water partition coefficient (Wildman–Crippen LogP) is 3.45. The molecule has 1 N–H and O–H groups in total. The Morgan fingerprint density at radius 3 is 2.65 bits per heavy atom. The average molecular weight is 336 g/mol. The summed E-state index contributed by atoms with van der Waals surface area (Å²) < 4.78 is 40.1. The Bertz CT molecular complexity index is 626. The molecule has 0 fully saturated rings. The van der Waals surface area contributed by atoms with Gasteiger partial charge in [-0.15, -0.1) is 0 Å². The van der Waals surface area contributed by atoms with Gasteiger partial charge in [0, 0.05) is 9.85 Å². The van der Waals surface area contributed by atoms with Crippen LogP contribution in [-0.4, -0.2) is 8.42 Å². The highest BCUT2D eigenvalue weighted by Gasteiger charge is 2.19. The molecule has 0 amide bonds. The minimum absolute atomic E-state index is 0.369. The lowest BCUT2D eigenvalue weighted by molar-refractivity contribution is 0.570. The second kappa shape index (κ2) is 4.75. The molecule has 1 heterocycles. The topological polar surface area (TPSA) is 46.2 Å². The summed E-state index contributed by atoms with van der Waals surface area (Å²) in [7, 11) is -3.87. The summed E-state index contributed by atoms with van der Waals surface area (Å²) in [6.07, 6.45) is 0. The van der Waals surface area contributed by atoms with Gasteiger partial charge in [0.1, 0.15) is 10.7 Å². The molecule has 0 unspecified atom stereocenters. The van der Waals surface area contributed by atoms with Crippen molar-refractivity contribution >= 4 is 43.0 Å². The number of sulfonamides is 1. The van der Waals surface area contributed by atoms with Crippen LogP contribution in [0.5, 0.6) is 0 Å². The molecule has 0 aliphatic heterocycles. The molecule has 2 rings (SSSR count). The quantitative estimate of drug-likeness (QED) is 0.933. The van der Waals surface area contributed by atoms with E-state index in [0.717, 1.165) is 6.07 Å². The Kier molecular flexibility index (Phi) is 3.50. The van der Waals surface area contributed by atoms with Crippen LogP contribution >= 0.6 is 27.3 Å². The van der Waals surface area contributed by atoms with Crippen molar-refractivity contribution in [1.29, 1.82) is 0 Å². The molecule has 0 radical (unpaired) electrons. The van der Waals surface area contributed by atoms with Crippen LogP contribution in [0.1, 0.15) is 0 Å². The molecule has 0 saturated heterocycles. The number of thiophene rings is 1. The number of rotatable bonds is 3. The molecule has 0 bridgehead atoms. The lowest BCUT2D eigenvalue weighted by Crippen LogP contribution is -2.14. The zero-order valence-electron chi connectivity index (χ0n) is 8.35. The monoisotopic (exact) mass is 335 g/mol. The Labute approximate surface area is 110 Å². The van der Waals surface area contributed by atoms with Crippen LogP contribution in [0.15, 0.2) is 44.4 Å². The molecule has 90 valence electrons. The van der Waals surface area contributed by atoms with Gasteiger partial charge in [0.2, 0.25) is 0 Å². The Balaban J connectivity index is 2.38. The van der Waals surface area contributed by atoms with E-state index in [1.54, 1.807) is 16.8 Å². The van der Waals surface area contributed by atoms with Gasteiger partial charge in [0.15, 0.2) is 0 Å². The van der Waals surface area contributed by atoms with Gasteiger partial charge in [-0.3, -0.25) is 4.72 Å². The first-order valence-electron chi connectivity index (χ1n) is 4.49. The second-order valence-electron chi connectivity index (χ2n) is 3.19. The van der Waals surface area contributed by atoms with Gasteiger partial charge in [-0.1, -0.05) is 15.9 Å². The van der Waals surface area contributed by atoms with Gasteiger partial charge in [0.25, 0.3) is 10.0 Å². The Morgan fingerprint density at radius 1 is 1.29 bits per heavy atom. The van der Waals surface area contributed by atoms with E-state index >= 15 is 0 Å². The van der Waals surface area contributed by atoms with Gasteiger partial charge in [0.05, 0.1) is 5.69 Å². The van der Waals surface area contributed by atoms with Crippen molar-refractivity contribution in [3.05, 3.63) is 45.3 Å². The van der Waals surface area contributed by atoms with Crippen LogP contribution in [0.25, 0.3) is 0 Å². The fourth-order valence-electron chi connectivity index (χ4n) is 1.23. The maximum atomic E-state index is 13.5. The number of anilines is 1. The van der Waals surface area contributed by atoms with Gasteiger partial charge >= 0.3 is 0 Å². The summed E-state index contributed by atoms with van der Waals surface area (Å²) >= 11 is 4.42. The van der Waals surface area contributed by atoms with E-state index in [-0.39, 0.29) is 4.90 Å². The molecule has 17 heavy (non-hydrogen) atoms. The van der Waals surface area contributed by atoms with Crippen molar-refractivity contribution in [2.24, 2.45) is 0 Å². The van der Waals surface area contributed by atoms with E-state index in [4.69, 9.17) is 0 Å². The Morgan fingerprint density at radius 2 is 2.06 bits per heavy atom. The number of nitrogens with one attached hydrogen (secondary N) is 1. The van der Waals surface area contributed by atoms with Crippen LogP contribution in [0, 0.1) is 5.82 Å². The highest BCUT2D eigenvalue weighted by atomic mass is 79.9. The number of halogens is 2. The summed E-state index contributed by atoms with van der Waals surface area (Å²) in [4.78, 5) is -0.369. The molecule has 7 heteroatoms. The second-order valence-corrected chi connectivity index (χ2v) is 6.54. The van der Waals surface area contributed by atoms with Crippen LogP contribution in [0.3, 0.4) is 0 Å². The predicted molar refractivity (Wildman–Crippen MR) is 69.2 cm³/mol. The average Bonchev–Trinajstić information content (AvgIpc) is 2.68. The molecule has 0 saturated carbocycles. The highest BCUT2D eigenvalue weighted by Crippen LogP contribution is 2.22. The molecule has 0 aliphatic carbocycles. The van der Waals surface area contributed by atoms with Gasteiger partial charge in [-0.2, -0.15) is 11.3 Å². The van der Waals surface area contributed by atoms with Crippen LogP contribution < -0.4 is 4.72 Å². The SMILES string of the molecule is O=S(=O)(Nc1ccsc1)c1ccc(Br)cc1F. The third-order valence-corrected chi connectivity index (χ3v) is 4.55. The lowest BCUT2D eigenvalue weighted by atomic mass is 10.3. The zero-order valence-corrected chi connectivity index (χ0v) is 11.6. The van der Waals surface area contributed by atoms with E-state index in [1.807, 2.05) is 0 Å². The van der Waals surface area contributed by atoms with Crippen molar-refractivity contribution in [2.75, 3.05) is 4.72 Å². The summed E-state index contributed by atoms with van der Waals surface area (Å²) in [5.74, 6) is -0.790. The normalized spacial score (nSPS) is 11.4. The smallest absolute Gasteiger partial charge is 0.264 e. The largest absolute Gasteiger partial charge is 0.279 e. The van der Waals surface area contributed by atoms with E-state index in [2.05, 4.69) is 20.7 Å². The molecule has 1 aromatic heterocycles. The molecule has 0 atom stereocenters. The minimum Gasteiger partial charge on any atom is -0.279 e. The highest BCUT2D eigenvalue weighted by molar-refractivity contribution is 9.10. The maximum Gasteiger partial charge on any atom is 0.264 e. The van der Waals surface area contributed by atoms with E-state index in [9.17, 15) is 12.8 Å². The molecule has 0 spiro atoms. The van der Waals surface area contributed by atoms with Crippen LogP contribution in [-0.2, 0) is 10.0 Å². The third kappa shape index (κ3) is 2.85. The minimum atomic E-state index is -3.87. The number of hydrogen-bond donors (Lipinski definition) is 1. The van der Waals surface area contributed by atoms with Gasteiger partial charge in [-0.25, -0.2) is 12.8 Å². The molecular formula is C10H7BrFNO2S2. The fourth-order valence-corrected chi connectivity index (χ4v) is 3.33. The van der Waals surface area contributed by atoms with Crippen molar-refractivity contribution in [2.45, 2.75) is 4.90 Å². The summed E-state index contributed by atoms with van der Waals surface area (Å²) in [6.45, 7) is 0. The van der Waals surface area contributed by atoms with E-state index in [0.29, 0.717) is 10.2 Å². The molecule has 0 aliphatic rings. The molecule has 1 aromatic carbocycles. The fraction of sp³-hybridized carbons (Fsp3) is 0. The van der Waals surface area contributed by atoms with E-state index in [1.165, 1.54) is 23.5 Å². The van der Waals surface area contributed by atoms with Crippen molar-refractivity contribution in [1.82, 2.24) is 0 Å². The molecule has 2 aromatic rings. The first-order chi connectivity index (χ1) is 7.99. The first-order valence-corrected chi connectivity index (χ1v) is 7.71. The van der Waals surface area contributed by atoms with Gasteiger partial charge < -0.3 is 0 Å². The summed E-state index contributed by atoms with van der Waals surface area (Å²) in [5.41, 5.74) is 0.428. The molecular weight excluding hydrogens is 329 g/mol. The van der Waals surface area contributed by atoms with Crippen LogP contribution in [0.2, 0.25) is 0 Å². The number of benzene rings is 1. The van der Waals surface area contributed by atoms with Crippen molar-refractivity contribution < 1.29 is 12.8 Å². The standard InChI is InChI=1S/C10H7BrFNO2S2/c11-7-1-2-10(9(12)5-7)17(14,15)13-8-3-4-16-6-8/h1-6,13H.